The molecule has 0 bridgehead atoms. The first-order chi connectivity index (χ1) is 10.5. The minimum Gasteiger partial charge on any atom is -0.481 e. The maximum atomic E-state index is 12.5. The first kappa shape index (κ1) is 15.0. The lowest BCUT2D eigenvalue weighted by Gasteiger charge is -2.39. The summed E-state index contributed by atoms with van der Waals surface area (Å²) in [5.74, 6) is -1.09. The molecule has 1 aromatic heterocycles. The van der Waals surface area contributed by atoms with Crippen LogP contribution in [0.15, 0.2) is 4.52 Å². The van der Waals surface area contributed by atoms with Gasteiger partial charge in [-0.15, -0.1) is 0 Å². The van der Waals surface area contributed by atoms with Crippen molar-refractivity contribution in [2.45, 2.75) is 57.4 Å². The maximum absolute atomic E-state index is 12.5. The molecule has 0 aromatic carbocycles. The van der Waals surface area contributed by atoms with E-state index in [0.717, 1.165) is 32.1 Å². The summed E-state index contributed by atoms with van der Waals surface area (Å²) in [7, 11) is 0. The summed E-state index contributed by atoms with van der Waals surface area (Å²) in [4.78, 5) is 28.0. The summed E-state index contributed by atoms with van der Waals surface area (Å²) >= 11 is 0. The second-order valence-corrected chi connectivity index (χ2v) is 6.40. The zero-order valence-electron chi connectivity index (χ0n) is 12.7. The molecule has 120 valence electrons. The Balaban J connectivity index is 1.79. The molecule has 7 heteroatoms. The van der Waals surface area contributed by atoms with Gasteiger partial charge in [-0.2, -0.15) is 4.98 Å². The summed E-state index contributed by atoms with van der Waals surface area (Å²) in [6.07, 6.45) is 5.83. The van der Waals surface area contributed by atoms with Crippen LogP contribution in [0.2, 0.25) is 0 Å². The highest BCUT2D eigenvalue weighted by Crippen LogP contribution is 2.39. The molecule has 0 spiro atoms. The van der Waals surface area contributed by atoms with Gasteiger partial charge in [0.15, 0.2) is 5.82 Å². The molecule has 2 aliphatic rings. The van der Waals surface area contributed by atoms with Crippen LogP contribution < -0.4 is 5.32 Å². The van der Waals surface area contributed by atoms with Gasteiger partial charge in [-0.25, -0.2) is 0 Å². The molecule has 2 unspecified atom stereocenters. The zero-order chi connectivity index (χ0) is 15.7. The van der Waals surface area contributed by atoms with Crippen molar-refractivity contribution in [3.8, 4) is 0 Å². The number of nitrogens with one attached hydrogen (secondary N) is 1. The van der Waals surface area contributed by atoms with Crippen LogP contribution in [-0.4, -0.2) is 27.1 Å². The summed E-state index contributed by atoms with van der Waals surface area (Å²) in [6, 6.07) is 0. The van der Waals surface area contributed by atoms with Crippen LogP contribution in [0.4, 0.5) is 0 Å². The van der Waals surface area contributed by atoms with Crippen molar-refractivity contribution < 1.29 is 19.2 Å². The van der Waals surface area contributed by atoms with Gasteiger partial charge < -0.3 is 14.9 Å². The van der Waals surface area contributed by atoms with Crippen molar-refractivity contribution in [2.24, 2.45) is 11.8 Å². The first-order valence-corrected chi connectivity index (χ1v) is 7.87. The monoisotopic (exact) mass is 307 g/mol. The molecular weight excluding hydrogens is 286 g/mol. The Hall–Kier alpha value is -1.92. The fourth-order valence-electron chi connectivity index (χ4n) is 3.49. The second-order valence-electron chi connectivity index (χ2n) is 6.40. The molecule has 7 nitrogen and oxygen atoms in total. The molecule has 22 heavy (non-hydrogen) atoms. The number of rotatable bonds is 4. The van der Waals surface area contributed by atoms with Crippen LogP contribution in [0, 0.1) is 18.8 Å². The number of nitrogens with zero attached hydrogens (tertiary/aromatic N) is 2. The normalized spacial score (nSPS) is 27.0. The predicted molar refractivity (Wildman–Crippen MR) is 75.8 cm³/mol. The third-order valence-electron chi connectivity index (χ3n) is 4.95. The van der Waals surface area contributed by atoms with Gasteiger partial charge in [0, 0.05) is 6.92 Å². The third-order valence-corrected chi connectivity index (χ3v) is 4.95. The smallest absolute Gasteiger partial charge is 0.307 e. The number of carbonyl (C=O) groups is 2. The minimum atomic E-state index is -0.889. The molecule has 1 heterocycles. The number of aryl methyl sites for hydroxylation is 1. The van der Waals surface area contributed by atoms with Crippen molar-refractivity contribution in [1.82, 2.24) is 15.5 Å². The van der Waals surface area contributed by atoms with E-state index in [0.29, 0.717) is 24.6 Å². The molecule has 2 saturated carbocycles. The van der Waals surface area contributed by atoms with E-state index in [4.69, 9.17) is 9.63 Å². The Morgan fingerprint density at radius 2 is 1.91 bits per heavy atom. The molecule has 3 rings (SSSR count). The number of hydrogen-bond acceptors (Lipinski definition) is 5. The molecule has 0 saturated heterocycles. The largest absolute Gasteiger partial charge is 0.481 e. The first-order valence-electron chi connectivity index (χ1n) is 7.87. The SMILES string of the molecule is Cc1nc(C2(NC(=O)C3CCC3C(=O)O)CCCCC2)no1. The van der Waals surface area contributed by atoms with Crippen LogP contribution >= 0.6 is 0 Å². The molecule has 0 aliphatic heterocycles. The Labute approximate surface area is 128 Å². The summed E-state index contributed by atoms with van der Waals surface area (Å²) in [6.45, 7) is 1.72. The number of carboxylic acids is 1. The van der Waals surface area contributed by atoms with Gasteiger partial charge in [0.1, 0.15) is 5.54 Å². The maximum Gasteiger partial charge on any atom is 0.307 e. The minimum absolute atomic E-state index is 0.192. The number of hydrogen-bond donors (Lipinski definition) is 2. The number of aliphatic carboxylic acids is 1. The van der Waals surface area contributed by atoms with E-state index < -0.39 is 23.3 Å². The van der Waals surface area contributed by atoms with E-state index in [-0.39, 0.29) is 5.91 Å². The molecule has 2 fully saturated rings. The highest BCUT2D eigenvalue weighted by molar-refractivity contribution is 5.86. The standard InChI is InChI=1S/C15H21N3O4/c1-9-16-14(18-22-9)15(7-3-2-4-8-15)17-12(19)10-5-6-11(10)13(20)21/h10-11H,2-8H2,1H3,(H,17,19)(H,20,21). The third kappa shape index (κ3) is 2.60. The van der Waals surface area contributed by atoms with Gasteiger partial charge in [-0.1, -0.05) is 24.4 Å². The average molecular weight is 307 g/mol. The van der Waals surface area contributed by atoms with Crippen molar-refractivity contribution in [1.29, 1.82) is 0 Å². The van der Waals surface area contributed by atoms with Gasteiger partial charge in [-0.05, 0) is 25.7 Å². The molecule has 1 amide bonds. The lowest BCUT2D eigenvalue weighted by atomic mass is 9.72. The van der Waals surface area contributed by atoms with Gasteiger partial charge >= 0.3 is 5.97 Å². The van der Waals surface area contributed by atoms with E-state index in [1.165, 1.54) is 0 Å². The van der Waals surface area contributed by atoms with Crippen LogP contribution in [0.5, 0.6) is 0 Å². The molecule has 2 N–H and O–H groups in total. The van der Waals surface area contributed by atoms with E-state index in [2.05, 4.69) is 15.5 Å². The van der Waals surface area contributed by atoms with E-state index in [9.17, 15) is 9.59 Å². The zero-order valence-corrected chi connectivity index (χ0v) is 12.7. The Bertz CT molecular complexity index is 577. The van der Waals surface area contributed by atoms with Crippen LogP contribution in [0.3, 0.4) is 0 Å². The van der Waals surface area contributed by atoms with Crippen LogP contribution in [0.1, 0.15) is 56.7 Å². The topological polar surface area (TPSA) is 105 Å². The average Bonchev–Trinajstić information content (AvgIpc) is 2.85. The van der Waals surface area contributed by atoms with Crippen molar-refractivity contribution >= 4 is 11.9 Å². The Morgan fingerprint density at radius 3 is 2.41 bits per heavy atom. The quantitative estimate of drug-likeness (QED) is 0.878. The summed E-state index contributed by atoms with van der Waals surface area (Å²) in [5, 5.41) is 16.2. The highest BCUT2D eigenvalue weighted by Gasteiger charge is 2.46. The number of carbonyl (C=O) groups excluding carboxylic acids is 1. The number of aromatic nitrogens is 2. The lowest BCUT2D eigenvalue weighted by Crippen LogP contribution is -2.53. The Kier molecular flexibility index (Phi) is 3.88. The lowest BCUT2D eigenvalue weighted by molar-refractivity contribution is -0.153. The molecular formula is C15H21N3O4. The highest BCUT2D eigenvalue weighted by atomic mass is 16.5. The van der Waals surface area contributed by atoms with Crippen molar-refractivity contribution in [3.63, 3.8) is 0 Å². The fourth-order valence-corrected chi connectivity index (χ4v) is 3.49. The molecule has 0 radical (unpaired) electrons. The van der Waals surface area contributed by atoms with E-state index >= 15 is 0 Å². The van der Waals surface area contributed by atoms with E-state index in [1.807, 2.05) is 0 Å². The Morgan fingerprint density at radius 1 is 1.23 bits per heavy atom. The van der Waals surface area contributed by atoms with Crippen LogP contribution in [-0.2, 0) is 15.1 Å². The van der Waals surface area contributed by atoms with Crippen molar-refractivity contribution in [3.05, 3.63) is 11.7 Å². The van der Waals surface area contributed by atoms with Crippen LogP contribution in [0.25, 0.3) is 0 Å². The number of amides is 1. The van der Waals surface area contributed by atoms with Gasteiger partial charge in [0.2, 0.25) is 11.8 Å². The summed E-state index contributed by atoms with van der Waals surface area (Å²) < 4.78 is 5.08. The van der Waals surface area contributed by atoms with E-state index in [1.54, 1.807) is 6.92 Å². The number of carboxylic acid groups (broad SMARTS) is 1. The van der Waals surface area contributed by atoms with Gasteiger partial charge in [0.25, 0.3) is 0 Å². The van der Waals surface area contributed by atoms with Crippen molar-refractivity contribution in [2.75, 3.05) is 0 Å². The molecule has 2 atom stereocenters. The molecule has 1 aromatic rings. The predicted octanol–water partition coefficient (Wildman–Crippen LogP) is 1.76. The van der Waals surface area contributed by atoms with Gasteiger partial charge in [0.05, 0.1) is 11.8 Å². The van der Waals surface area contributed by atoms with Gasteiger partial charge in [-0.3, -0.25) is 9.59 Å². The summed E-state index contributed by atoms with van der Waals surface area (Å²) in [5.41, 5.74) is -0.605. The second kappa shape index (κ2) is 5.70. The fraction of sp³-hybridized carbons (Fsp3) is 0.733. The molecule has 2 aliphatic carbocycles.